The molecule has 7 heteroatoms. The number of halogens is 5. The summed E-state index contributed by atoms with van der Waals surface area (Å²) in [5, 5.41) is 0.0659. The van der Waals surface area contributed by atoms with Crippen molar-refractivity contribution in [3.05, 3.63) is 27.5 Å². The highest BCUT2D eigenvalue weighted by atomic mass is 79.9. The molecule has 0 saturated heterocycles. The van der Waals surface area contributed by atoms with Gasteiger partial charge in [-0.1, -0.05) is 15.9 Å². The molecule has 0 fully saturated rings. The Balaban J connectivity index is 2.72. The Morgan fingerprint density at radius 3 is 2.60 bits per heavy atom. The fourth-order valence-corrected chi connectivity index (χ4v) is 1.98. The van der Waals surface area contributed by atoms with Crippen LogP contribution in [0.4, 0.5) is 13.2 Å². The number of hydrogen-bond donors (Lipinski definition) is 1. The van der Waals surface area contributed by atoms with Crippen molar-refractivity contribution >= 4 is 38.6 Å². The number of nitrogens with one attached hydrogen (secondary N) is 1. The van der Waals surface area contributed by atoms with Crippen molar-refractivity contribution in [2.75, 3.05) is 0 Å². The molecule has 0 aliphatic heterocycles. The van der Waals surface area contributed by atoms with Crippen molar-refractivity contribution in [1.29, 1.82) is 0 Å². The van der Waals surface area contributed by atoms with E-state index in [2.05, 4.69) is 25.9 Å². The van der Waals surface area contributed by atoms with Crippen molar-refractivity contribution in [3.8, 4) is 0 Å². The number of aromatic nitrogens is 2. The summed E-state index contributed by atoms with van der Waals surface area (Å²) in [5.41, 5.74) is -0.117. The van der Waals surface area contributed by atoms with Gasteiger partial charge in [0.15, 0.2) is 0 Å². The number of aromatic amines is 1. The molecule has 0 aliphatic rings. The standard InChI is InChI=1S/C8H3BrClF3N2/c9-4-2-6-5(14-7(10)15-6)1-3(4)8(11,12)13/h1-2H,(H,14,15). The minimum atomic E-state index is -4.40. The maximum absolute atomic E-state index is 12.5. The first-order valence-corrected chi connectivity index (χ1v) is 4.97. The van der Waals surface area contributed by atoms with Gasteiger partial charge in [-0.05, 0) is 23.7 Å². The quantitative estimate of drug-likeness (QED) is 0.782. The summed E-state index contributed by atoms with van der Waals surface area (Å²) in [5.74, 6) is 0. The van der Waals surface area contributed by atoms with Crippen molar-refractivity contribution in [2.24, 2.45) is 0 Å². The lowest BCUT2D eigenvalue weighted by Gasteiger charge is -2.08. The molecule has 0 unspecified atom stereocenters. The van der Waals surface area contributed by atoms with E-state index < -0.39 is 11.7 Å². The predicted octanol–water partition coefficient (Wildman–Crippen LogP) is 4.00. The van der Waals surface area contributed by atoms with Crippen molar-refractivity contribution in [1.82, 2.24) is 9.97 Å². The van der Waals surface area contributed by atoms with Crippen LogP contribution in [0.3, 0.4) is 0 Å². The monoisotopic (exact) mass is 298 g/mol. The fraction of sp³-hybridized carbons (Fsp3) is 0.125. The van der Waals surface area contributed by atoms with E-state index in [1.54, 1.807) is 0 Å². The van der Waals surface area contributed by atoms with Crippen molar-refractivity contribution in [2.45, 2.75) is 6.18 Å². The largest absolute Gasteiger partial charge is 0.417 e. The molecule has 2 aromatic rings. The van der Waals surface area contributed by atoms with E-state index in [1.165, 1.54) is 6.07 Å². The number of alkyl halides is 3. The molecule has 0 saturated carbocycles. The van der Waals surface area contributed by atoms with Gasteiger partial charge in [-0.2, -0.15) is 13.2 Å². The van der Waals surface area contributed by atoms with Crippen LogP contribution in [0.2, 0.25) is 5.28 Å². The molecule has 1 heterocycles. The second-order valence-electron chi connectivity index (χ2n) is 2.87. The van der Waals surface area contributed by atoms with E-state index in [0.717, 1.165) is 6.07 Å². The zero-order chi connectivity index (χ0) is 11.2. The van der Waals surface area contributed by atoms with Gasteiger partial charge in [0, 0.05) is 4.47 Å². The van der Waals surface area contributed by atoms with Gasteiger partial charge in [0.05, 0.1) is 16.6 Å². The molecule has 2 rings (SSSR count). The van der Waals surface area contributed by atoms with Crippen LogP contribution < -0.4 is 0 Å². The average molecular weight is 299 g/mol. The molecule has 0 spiro atoms. The van der Waals surface area contributed by atoms with Crippen LogP contribution in [0.25, 0.3) is 11.0 Å². The van der Waals surface area contributed by atoms with Gasteiger partial charge < -0.3 is 4.98 Å². The number of benzene rings is 1. The summed E-state index contributed by atoms with van der Waals surface area (Å²) in [6, 6.07) is 2.25. The molecule has 2 nitrogen and oxygen atoms in total. The number of rotatable bonds is 0. The molecule has 0 aliphatic carbocycles. The van der Waals surface area contributed by atoms with Gasteiger partial charge in [0.2, 0.25) is 5.28 Å². The van der Waals surface area contributed by atoms with E-state index in [0.29, 0.717) is 5.52 Å². The van der Waals surface area contributed by atoms with E-state index in [4.69, 9.17) is 11.6 Å². The van der Waals surface area contributed by atoms with Gasteiger partial charge in [0.25, 0.3) is 0 Å². The van der Waals surface area contributed by atoms with Crippen LogP contribution in [-0.4, -0.2) is 9.97 Å². The smallest absolute Gasteiger partial charge is 0.329 e. The number of H-pyrrole nitrogens is 1. The van der Waals surface area contributed by atoms with Crippen LogP contribution >= 0.6 is 27.5 Å². The summed E-state index contributed by atoms with van der Waals surface area (Å²) in [7, 11) is 0. The molecule has 1 N–H and O–H groups in total. The number of fused-ring (bicyclic) bond motifs is 1. The van der Waals surface area contributed by atoms with Crippen LogP contribution in [0.15, 0.2) is 16.6 Å². The lowest BCUT2D eigenvalue weighted by atomic mass is 10.2. The van der Waals surface area contributed by atoms with Crippen LogP contribution in [0, 0.1) is 0 Å². The summed E-state index contributed by atoms with van der Waals surface area (Å²) in [4.78, 5) is 6.35. The Labute approximate surface area is 95.6 Å². The lowest BCUT2D eigenvalue weighted by molar-refractivity contribution is -0.138. The predicted molar refractivity (Wildman–Crippen MR) is 53.8 cm³/mol. The van der Waals surface area contributed by atoms with E-state index in [1.807, 2.05) is 0 Å². The van der Waals surface area contributed by atoms with Gasteiger partial charge in [-0.15, -0.1) is 0 Å². The Bertz CT molecular complexity index is 520. The molecule has 0 atom stereocenters. The van der Waals surface area contributed by atoms with Crippen molar-refractivity contribution in [3.63, 3.8) is 0 Å². The molecule has 0 amide bonds. The van der Waals surface area contributed by atoms with Gasteiger partial charge in [-0.3, -0.25) is 0 Å². The Morgan fingerprint density at radius 1 is 1.33 bits per heavy atom. The van der Waals surface area contributed by atoms with E-state index in [-0.39, 0.29) is 15.3 Å². The van der Waals surface area contributed by atoms with Crippen LogP contribution in [0.1, 0.15) is 5.56 Å². The normalized spacial score (nSPS) is 12.3. The SMILES string of the molecule is FC(F)(F)c1cc2nc(Cl)[nH]c2cc1Br. The molecular formula is C8H3BrClF3N2. The molecule has 0 radical (unpaired) electrons. The third-order valence-electron chi connectivity index (χ3n) is 1.85. The Hall–Kier alpha value is -0.750. The molecule has 15 heavy (non-hydrogen) atoms. The molecule has 1 aromatic carbocycles. The summed E-state index contributed by atoms with van der Waals surface area (Å²) >= 11 is 8.39. The second-order valence-corrected chi connectivity index (χ2v) is 4.09. The van der Waals surface area contributed by atoms with E-state index >= 15 is 0 Å². The summed E-state index contributed by atoms with van der Waals surface area (Å²) in [6.45, 7) is 0. The minimum Gasteiger partial charge on any atom is -0.329 e. The highest BCUT2D eigenvalue weighted by Crippen LogP contribution is 2.36. The number of hydrogen-bond acceptors (Lipinski definition) is 1. The third-order valence-corrected chi connectivity index (χ3v) is 2.68. The van der Waals surface area contributed by atoms with Crippen LogP contribution in [0.5, 0.6) is 0 Å². The first-order valence-electron chi connectivity index (χ1n) is 3.80. The summed E-state index contributed by atoms with van der Waals surface area (Å²) in [6.07, 6.45) is -4.40. The van der Waals surface area contributed by atoms with Gasteiger partial charge in [-0.25, -0.2) is 4.98 Å². The maximum atomic E-state index is 12.5. The van der Waals surface area contributed by atoms with E-state index in [9.17, 15) is 13.2 Å². The Kier molecular flexibility index (Phi) is 2.42. The van der Waals surface area contributed by atoms with Crippen molar-refractivity contribution < 1.29 is 13.2 Å². The highest BCUT2D eigenvalue weighted by Gasteiger charge is 2.33. The zero-order valence-corrected chi connectivity index (χ0v) is 9.33. The topological polar surface area (TPSA) is 28.7 Å². The third kappa shape index (κ3) is 1.96. The van der Waals surface area contributed by atoms with Gasteiger partial charge in [0.1, 0.15) is 0 Å². The fourth-order valence-electron chi connectivity index (χ4n) is 1.22. The zero-order valence-electron chi connectivity index (χ0n) is 6.99. The minimum absolute atomic E-state index is 0.0391. The average Bonchev–Trinajstić information content (AvgIpc) is 2.40. The maximum Gasteiger partial charge on any atom is 0.417 e. The molecule has 0 bridgehead atoms. The Morgan fingerprint density at radius 2 is 2.00 bits per heavy atom. The first-order chi connectivity index (χ1) is 6.88. The molecule has 1 aromatic heterocycles. The second kappa shape index (κ2) is 3.38. The first kappa shape index (κ1) is 10.8. The number of nitrogens with zero attached hydrogens (tertiary/aromatic N) is 1. The molecule has 80 valence electrons. The van der Waals surface area contributed by atoms with Gasteiger partial charge >= 0.3 is 6.18 Å². The highest BCUT2D eigenvalue weighted by molar-refractivity contribution is 9.10. The lowest BCUT2D eigenvalue weighted by Crippen LogP contribution is -2.05. The number of imidazole rings is 1. The van der Waals surface area contributed by atoms with Crippen LogP contribution in [-0.2, 0) is 6.18 Å². The molecular weight excluding hydrogens is 296 g/mol. The summed E-state index contributed by atoms with van der Waals surface area (Å²) < 4.78 is 37.4.